The summed E-state index contributed by atoms with van der Waals surface area (Å²) >= 11 is 5.78. The van der Waals surface area contributed by atoms with Crippen molar-refractivity contribution in [3.63, 3.8) is 0 Å². The predicted octanol–water partition coefficient (Wildman–Crippen LogP) is 3.24. The number of esters is 1. The lowest BCUT2D eigenvalue weighted by Crippen LogP contribution is -2.23. The number of carbonyl (C=O) groups excluding carboxylic acids is 3. The molecule has 0 aromatic heterocycles. The van der Waals surface area contributed by atoms with Gasteiger partial charge in [0.25, 0.3) is 5.91 Å². The van der Waals surface area contributed by atoms with Crippen LogP contribution in [0.1, 0.15) is 17.3 Å². The second-order valence-corrected chi connectivity index (χ2v) is 5.61. The van der Waals surface area contributed by atoms with E-state index in [2.05, 4.69) is 5.32 Å². The lowest BCUT2D eigenvalue weighted by Gasteiger charge is -2.09. The number of hydrogen-bond acceptors (Lipinski definition) is 5. The van der Waals surface area contributed by atoms with Gasteiger partial charge < -0.3 is 14.8 Å². The first kappa shape index (κ1) is 19.4. The molecular formula is C18H15ClFNO5. The first-order valence-electron chi connectivity index (χ1n) is 7.49. The topological polar surface area (TPSA) is 81.7 Å². The van der Waals surface area contributed by atoms with Crippen LogP contribution in [0.4, 0.5) is 10.1 Å². The molecule has 26 heavy (non-hydrogen) atoms. The van der Waals surface area contributed by atoms with Gasteiger partial charge >= 0.3 is 5.97 Å². The van der Waals surface area contributed by atoms with E-state index in [-0.39, 0.29) is 16.5 Å². The Balaban J connectivity index is 1.75. The monoisotopic (exact) mass is 379 g/mol. The molecule has 6 nitrogen and oxygen atoms in total. The smallest absolute Gasteiger partial charge is 0.344 e. The summed E-state index contributed by atoms with van der Waals surface area (Å²) < 4.78 is 22.9. The van der Waals surface area contributed by atoms with Crippen molar-refractivity contribution in [1.29, 1.82) is 0 Å². The number of Topliss-reactive ketones (excluding diaryl/α,β-unsaturated/α-hetero) is 1. The molecule has 1 N–H and O–H groups in total. The number of benzene rings is 2. The number of nitrogens with one attached hydrogen (secondary N) is 1. The Morgan fingerprint density at radius 2 is 1.77 bits per heavy atom. The Kier molecular flexibility index (Phi) is 6.68. The van der Waals surface area contributed by atoms with E-state index >= 15 is 0 Å². The minimum atomic E-state index is -0.749. The first-order valence-corrected chi connectivity index (χ1v) is 7.87. The third-order valence-corrected chi connectivity index (χ3v) is 3.50. The van der Waals surface area contributed by atoms with Gasteiger partial charge in [-0.05, 0) is 49.4 Å². The largest absolute Gasteiger partial charge is 0.482 e. The molecular weight excluding hydrogens is 365 g/mol. The summed E-state index contributed by atoms with van der Waals surface area (Å²) in [6.07, 6.45) is 0. The maximum Gasteiger partial charge on any atom is 0.344 e. The van der Waals surface area contributed by atoms with E-state index in [1.807, 2.05) is 0 Å². The third kappa shape index (κ3) is 5.86. The highest BCUT2D eigenvalue weighted by molar-refractivity contribution is 6.33. The standard InChI is InChI=1S/C18H15ClFNO5/c1-11(22)12-2-5-14(6-3-12)25-10-18(24)26-9-17(23)21-16-7-4-13(20)8-15(16)19/h2-8H,9-10H2,1H3,(H,21,23). The van der Waals surface area contributed by atoms with Crippen LogP contribution in [0.2, 0.25) is 5.02 Å². The van der Waals surface area contributed by atoms with Crippen molar-refractivity contribution in [3.8, 4) is 5.75 Å². The van der Waals surface area contributed by atoms with Gasteiger partial charge in [-0.3, -0.25) is 9.59 Å². The van der Waals surface area contributed by atoms with Crippen molar-refractivity contribution in [2.24, 2.45) is 0 Å². The Morgan fingerprint density at radius 3 is 2.38 bits per heavy atom. The van der Waals surface area contributed by atoms with E-state index < -0.39 is 30.9 Å². The van der Waals surface area contributed by atoms with E-state index in [9.17, 15) is 18.8 Å². The zero-order valence-corrected chi connectivity index (χ0v) is 14.5. The predicted molar refractivity (Wildman–Crippen MR) is 92.9 cm³/mol. The molecule has 0 fully saturated rings. The van der Waals surface area contributed by atoms with Gasteiger partial charge in [-0.25, -0.2) is 9.18 Å². The summed E-state index contributed by atoms with van der Waals surface area (Å²) in [4.78, 5) is 34.5. The van der Waals surface area contributed by atoms with Gasteiger partial charge in [-0.1, -0.05) is 11.6 Å². The van der Waals surface area contributed by atoms with Crippen LogP contribution in [0.25, 0.3) is 0 Å². The Labute approximate surface area is 153 Å². The number of hydrogen-bond donors (Lipinski definition) is 1. The fraction of sp³-hybridized carbons (Fsp3) is 0.167. The van der Waals surface area contributed by atoms with Crippen molar-refractivity contribution in [1.82, 2.24) is 0 Å². The molecule has 2 aromatic carbocycles. The van der Waals surface area contributed by atoms with Gasteiger partial charge in [-0.2, -0.15) is 0 Å². The number of halogens is 2. The number of anilines is 1. The molecule has 0 bridgehead atoms. The SMILES string of the molecule is CC(=O)c1ccc(OCC(=O)OCC(=O)Nc2ccc(F)cc2Cl)cc1. The zero-order valence-electron chi connectivity index (χ0n) is 13.8. The average molecular weight is 380 g/mol. The van der Waals surface area contributed by atoms with Crippen LogP contribution in [0.15, 0.2) is 42.5 Å². The van der Waals surface area contributed by atoms with Gasteiger partial charge in [0.2, 0.25) is 0 Å². The molecule has 0 spiro atoms. The molecule has 0 heterocycles. The second kappa shape index (κ2) is 8.96. The minimum absolute atomic E-state index is 0.0296. The molecule has 1 amide bonds. The summed E-state index contributed by atoms with van der Waals surface area (Å²) in [5.41, 5.74) is 0.729. The molecule has 2 aromatic rings. The quantitative estimate of drug-likeness (QED) is 0.590. The highest BCUT2D eigenvalue weighted by Crippen LogP contribution is 2.22. The van der Waals surface area contributed by atoms with Crippen LogP contribution in [-0.4, -0.2) is 30.9 Å². The van der Waals surface area contributed by atoms with Crippen molar-refractivity contribution in [2.45, 2.75) is 6.92 Å². The lowest BCUT2D eigenvalue weighted by atomic mass is 10.1. The molecule has 0 radical (unpaired) electrons. The van der Waals surface area contributed by atoms with Gasteiger partial charge in [-0.15, -0.1) is 0 Å². The first-order chi connectivity index (χ1) is 12.3. The summed E-state index contributed by atoms with van der Waals surface area (Å²) in [7, 11) is 0. The molecule has 0 aliphatic carbocycles. The average Bonchev–Trinajstić information content (AvgIpc) is 2.61. The molecule has 0 aliphatic heterocycles. The van der Waals surface area contributed by atoms with Gasteiger partial charge in [0, 0.05) is 5.56 Å². The van der Waals surface area contributed by atoms with E-state index in [0.29, 0.717) is 11.3 Å². The summed E-state index contributed by atoms with van der Waals surface area (Å²) in [6, 6.07) is 9.73. The Morgan fingerprint density at radius 1 is 1.08 bits per heavy atom. The minimum Gasteiger partial charge on any atom is -0.482 e. The van der Waals surface area contributed by atoms with Gasteiger partial charge in [0.05, 0.1) is 10.7 Å². The lowest BCUT2D eigenvalue weighted by molar-refractivity contribution is -0.149. The Bertz CT molecular complexity index is 823. The third-order valence-electron chi connectivity index (χ3n) is 3.19. The number of ketones is 1. The number of amides is 1. The van der Waals surface area contributed by atoms with Crippen molar-refractivity contribution in [2.75, 3.05) is 18.5 Å². The summed E-state index contributed by atoms with van der Waals surface area (Å²) in [6.45, 7) is 0.501. The number of ether oxygens (including phenoxy) is 2. The zero-order chi connectivity index (χ0) is 19.1. The molecule has 0 saturated heterocycles. The summed E-state index contributed by atoms with van der Waals surface area (Å²) in [5.74, 6) is -1.61. The van der Waals surface area contributed by atoms with Crippen LogP contribution in [0.3, 0.4) is 0 Å². The molecule has 0 atom stereocenters. The molecule has 0 saturated carbocycles. The highest BCUT2D eigenvalue weighted by Gasteiger charge is 2.11. The van der Waals surface area contributed by atoms with E-state index in [0.717, 1.165) is 12.1 Å². The maximum atomic E-state index is 12.9. The maximum absolute atomic E-state index is 12.9. The molecule has 2 rings (SSSR count). The van der Waals surface area contributed by atoms with Crippen molar-refractivity contribution < 1.29 is 28.2 Å². The number of carbonyl (C=O) groups is 3. The van der Waals surface area contributed by atoms with Crippen LogP contribution in [0.5, 0.6) is 5.75 Å². The second-order valence-electron chi connectivity index (χ2n) is 5.20. The molecule has 0 aliphatic rings. The Hall–Kier alpha value is -2.93. The van der Waals surface area contributed by atoms with Crippen LogP contribution >= 0.6 is 11.6 Å². The highest BCUT2D eigenvalue weighted by atomic mass is 35.5. The fourth-order valence-electron chi connectivity index (χ4n) is 1.89. The van der Waals surface area contributed by atoms with E-state index in [1.54, 1.807) is 24.3 Å². The molecule has 0 unspecified atom stereocenters. The number of rotatable bonds is 7. The molecule has 8 heteroatoms. The van der Waals surface area contributed by atoms with E-state index in [4.69, 9.17) is 21.1 Å². The van der Waals surface area contributed by atoms with Gasteiger partial charge in [0.15, 0.2) is 19.0 Å². The normalized spacial score (nSPS) is 10.1. The fourth-order valence-corrected chi connectivity index (χ4v) is 2.11. The van der Waals surface area contributed by atoms with E-state index in [1.165, 1.54) is 13.0 Å². The molecule has 136 valence electrons. The van der Waals surface area contributed by atoms with Crippen molar-refractivity contribution in [3.05, 3.63) is 58.9 Å². The van der Waals surface area contributed by atoms with Gasteiger partial charge in [0.1, 0.15) is 11.6 Å². The van der Waals surface area contributed by atoms with Crippen LogP contribution < -0.4 is 10.1 Å². The summed E-state index contributed by atoms with van der Waals surface area (Å²) in [5, 5.41) is 2.43. The van der Waals surface area contributed by atoms with Crippen molar-refractivity contribution >= 4 is 34.9 Å². The van der Waals surface area contributed by atoms with Crippen LogP contribution in [0, 0.1) is 5.82 Å². The van der Waals surface area contributed by atoms with Crippen LogP contribution in [-0.2, 0) is 14.3 Å².